The summed E-state index contributed by atoms with van der Waals surface area (Å²) in [6.07, 6.45) is 0. The molecule has 2 heterocycles. The Morgan fingerprint density at radius 2 is 0.881 bits per heavy atom. The summed E-state index contributed by atoms with van der Waals surface area (Å²) in [6.45, 7) is 24.8. The Bertz CT molecular complexity index is 2610. The number of benzene rings is 7. The monoisotopic (exact) mass is 934 g/mol. The van der Waals surface area contributed by atoms with Crippen LogP contribution in [0, 0.1) is 20.8 Å². The Morgan fingerprint density at radius 1 is 0.407 bits per heavy atom. The SMILES string of the molecule is CC(C)(C)c1ccc2c(-c3ccc(-c4ccc5ccccc5n4)[n-]3)c3cc(C(C)(C)C)ccc3cc2c1.[CH2-]c1ccccc1.[CH2-]c1ccccc1.[CH2-]c1ccccc1.[Hf+4]. The van der Waals surface area contributed by atoms with Gasteiger partial charge in [0.05, 0.1) is 5.52 Å². The predicted molar refractivity (Wildman–Crippen MR) is 251 cm³/mol. The number of rotatable bonds is 2. The van der Waals surface area contributed by atoms with Gasteiger partial charge in [-0.1, -0.05) is 133 Å². The minimum Gasteiger partial charge on any atom is -0.656 e. The number of para-hydroxylation sites is 1. The Kier molecular flexibility index (Phi) is 14.9. The van der Waals surface area contributed by atoms with E-state index < -0.39 is 0 Å². The molecule has 0 radical (unpaired) electrons. The van der Waals surface area contributed by atoms with Crippen LogP contribution in [-0.4, -0.2) is 4.98 Å². The maximum Gasteiger partial charge on any atom is 4.00 e. The zero-order valence-corrected chi connectivity index (χ0v) is 38.9. The van der Waals surface area contributed by atoms with Gasteiger partial charge in [0.2, 0.25) is 0 Å². The van der Waals surface area contributed by atoms with Gasteiger partial charge in [0.15, 0.2) is 0 Å². The van der Waals surface area contributed by atoms with Crippen molar-refractivity contribution in [3.8, 4) is 22.6 Å². The zero-order valence-electron chi connectivity index (χ0n) is 35.3. The van der Waals surface area contributed by atoms with Crippen LogP contribution in [0.25, 0.3) is 55.1 Å². The van der Waals surface area contributed by atoms with E-state index in [0.29, 0.717) is 0 Å². The molecule has 0 N–H and O–H groups in total. The van der Waals surface area contributed by atoms with Gasteiger partial charge in [-0.3, -0.25) is 0 Å². The molecule has 0 bridgehead atoms. The molecule has 0 aliphatic heterocycles. The second-order valence-corrected chi connectivity index (χ2v) is 16.7. The molecule has 0 spiro atoms. The molecule has 3 heteroatoms. The van der Waals surface area contributed by atoms with Crippen LogP contribution in [0.1, 0.15) is 69.4 Å². The van der Waals surface area contributed by atoms with E-state index >= 15 is 0 Å². The smallest absolute Gasteiger partial charge is 0.656 e. The Labute approximate surface area is 371 Å². The largest absolute Gasteiger partial charge is 4.00 e. The molecular weight excluding hydrogens is 879 g/mol. The Morgan fingerprint density at radius 3 is 1.41 bits per heavy atom. The Balaban J connectivity index is 0.000000243. The van der Waals surface area contributed by atoms with Gasteiger partial charge in [-0.15, -0.1) is 47.8 Å². The van der Waals surface area contributed by atoms with Gasteiger partial charge in [0.1, 0.15) is 0 Å². The van der Waals surface area contributed by atoms with Crippen molar-refractivity contribution in [3.05, 3.63) is 231 Å². The van der Waals surface area contributed by atoms with Crippen LogP contribution in [0.5, 0.6) is 0 Å². The van der Waals surface area contributed by atoms with Crippen molar-refractivity contribution in [1.29, 1.82) is 0 Å². The Hall–Kier alpha value is -5.77. The fourth-order valence-electron chi connectivity index (χ4n) is 6.62. The minimum atomic E-state index is 0. The second-order valence-electron chi connectivity index (χ2n) is 16.7. The van der Waals surface area contributed by atoms with E-state index in [1.165, 1.54) is 38.2 Å². The van der Waals surface area contributed by atoms with Gasteiger partial charge in [-0.2, -0.15) is 73.9 Å². The fraction of sp³-hybridized carbons (Fsp3) is 0.143. The normalized spacial score (nSPS) is 10.9. The molecule has 0 fully saturated rings. The maximum absolute atomic E-state index is 5.16. The number of aromatic nitrogens is 2. The standard InChI is InChI=1S/C35H33N2.3C7H7.Hf/c1-34(2,3)25-14-15-27-24(20-25)19-23-11-13-26(35(4,5)6)21-28(23)33(27)32-18-17-31(37-32)30-16-12-22-9-7-8-10-29(22)36-30;3*1-7-5-3-2-4-6-7;/h7-21H,1-6H3;3*2-6H,1H2;/q4*-1;+4. The van der Waals surface area contributed by atoms with Crippen LogP contribution >= 0.6 is 0 Å². The quantitative estimate of drug-likeness (QED) is 0.0981. The number of hydrogen-bond donors (Lipinski definition) is 0. The third-order valence-electron chi connectivity index (χ3n) is 9.97. The molecule has 0 saturated carbocycles. The first-order valence-corrected chi connectivity index (χ1v) is 19.9. The molecule has 0 aliphatic carbocycles. The van der Waals surface area contributed by atoms with Gasteiger partial charge >= 0.3 is 25.8 Å². The van der Waals surface area contributed by atoms with Crippen LogP contribution in [-0.2, 0) is 36.7 Å². The predicted octanol–water partition coefficient (Wildman–Crippen LogP) is 15.0. The average molecular weight is 934 g/mol. The number of pyridine rings is 1. The van der Waals surface area contributed by atoms with Crippen molar-refractivity contribution >= 4 is 32.4 Å². The van der Waals surface area contributed by atoms with E-state index in [-0.39, 0.29) is 36.7 Å². The van der Waals surface area contributed by atoms with Gasteiger partial charge in [-0.25, -0.2) is 4.98 Å². The van der Waals surface area contributed by atoms with Gasteiger partial charge in [0, 0.05) is 11.1 Å². The van der Waals surface area contributed by atoms with Gasteiger partial charge in [-0.05, 0) is 67.3 Å². The molecular formula is C56H54HfN2. The summed E-state index contributed by atoms with van der Waals surface area (Å²) in [5, 5.41) is 6.13. The summed E-state index contributed by atoms with van der Waals surface area (Å²) in [5.74, 6) is 0. The fourth-order valence-corrected chi connectivity index (χ4v) is 6.62. The first-order valence-electron chi connectivity index (χ1n) is 19.9. The summed E-state index contributed by atoms with van der Waals surface area (Å²) in [5.41, 5.74) is 11.0. The summed E-state index contributed by atoms with van der Waals surface area (Å²) < 4.78 is 0. The average Bonchev–Trinajstić information content (AvgIpc) is 3.70. The minimum absolute atomic E-state index is 0. The third-order valence-corrected chi connectivity index (χ3v) is 9.97. The van der Waals surface area contributed by atoms with Crippen molar-refractivity contribution in [1.82, 2.24) is 9.97 Å². The van der Waals surface area contributed by atoms with Crippen molar-refractivity contribution in [3.63, 3.8) is 0 Å². The van der Waals surface area contributed by atoms with E-state index in [9.17, 15) is 0 Å². The van der Waals surface area contributed by atoms with Crippen LogP contribution in [0.15, 0.2) is 182 Å². The molecule has 2 aromatic heterocycles. The third kappa shape index (κ3) is 11.9. The topological polar surface area (TPSA) is 27.0 Å². The van der Waals surface area contributed by atoms with Crippen LogP contribution < -0.4 is 4.98 Å². The molecule has 59 heavy (non-hydrogen) atoms. The molecule has 9 aromatic rings. The number of hydrogen-bond acceptors (Lipinski definition) is 1. The first-order chi connectivity index (χ1) is 27.8. The van der Waals surface area contributed by atoms with E-state index in [4.69, 9.17) is 9.97 Å². The van der Waals surface area contributed by atoms with Crippen molar-refractivity contribution in [2.24, 2.45) is 0 Å². The summed E-state index contributed by atoms with van der Waals surface area (Å²) in [6, 6.07) is 62.5. The van der Waals surface area contributed by atoms with E-state index in [1.807, 2.05) is 103 Å². The van der Waals surface area contributed by atoms with Crippen molar-refractivity contribution in [2.75, 3.05) is 0 Å². The molecule has 292 valence electrons. The molecule has 0 aliphatic rings. The van der Waals surface area contributed by atoms with Crippen LogP contribution in [0.4, 0.5) is 0 Å². The summed E-state index contributed by atoms with van der Waals surface area (Å²) >= 11 is 0. The van der Waals surface area contributed by atoms with E-state index in [0.717, 1.165) is 44.7 Å². The zero-order chi connectivity index (χ0) is 41.3. The molecule has 0 atom stereocenters. The molecule has 0 saturated heterocycles. The molecule has 9 rings (SSSR count). The number of nitrogens with zero attached hydrogens (tertiary/aromatic N) is 2. The molecule has 0 unspecified atom stereocenters. The molecule has 0 amide bonds. The van der Waals surface area contributed by atoms with Crippen LogP contribution in [0.3, 0.4) is 0 Å². The van der Waals surface area contributed by atoms with E-state index in [1.54, 1.807) is 0 Å². The van der Waals surface area contributed by atoms with E-state index in [2.05, 4.69) is 141 Å². The molecule has 7 aromatic carbocycles. The maximum atomic E-state index is 5.16. The second kappa shape index (κ2) is 19.8. The van der Waals surface area contributed by atoms with Gasteiger partial charge in [0.25, 0.3) is 0 Å². The van der Waals surface area contributed by atoms with Crippen LogP contribution in [0.2, 0.25) is 0 Å². The summed E-state index contributed by atoms with van der Waals surface area (Å²) in [7, 11) is 0. The number of fused-ring (bicyclic) bond motifs is 3. The van der Waals surface area contributed by atoms with Crippen molar-refractivity contribution < 1.29 is 25.8 Å². The first kappa shape index (κ1) is 44.3. The summed E-state index contributed by atoms with van der Waals surface area (Å²) in [4.78, 5) is 10.1. The van der Waals surface area contributed by atoms with Crippen molar-refractivity contribution in [2.45, 2.75) is 52.4 Å². The van der Waals surface area contributed by atoms with Gasteiger partial charge < -0.3 is 4.98 Å². The molecule has 2 nitrogen and oxygen atoms in total.